The van der Waals surface area contributed by atoms with Crippen LogP contribution in [-0.2, 0) is 0 Å². The molecule has 0 aromatic carbocycles. The van der Waals surface area contributed by atoms with Crippen molar-refractivity contribution < 1.29 is 5.11 Å². The van der Waals surface area contributed by atoms with Gasteiger partial charge in [-0.25, -0.2) is 0 Å². The van der Waals surface area contributed by atoms with E-state index in [0.717, 1.165) is 5.92 Å². The second kappa shape index (κ2) is 2.93. The number of hydrogen-bond acceptors (Lipinski definition) is 1. The molecule has 0 aromatic heterocycles. The van der Waals surface area contributed by atoms with Crippen molar-refractivity contribution in [3.8, 4) is 0 Å². The maximum atomic E-state index is 11.5. The molecule has 0 aromatic rings. The van der Waals surface area contributed by atoms with Gasteiger partial charge in [-0.3, -0.25) is 0 Å². The van der Waals surface area contributed by atoms with Gasteiger partial charge in [-0.2, -0.15) is 0 Å². The van der Waals surface area contributed by atoms with Crippen LogP contribution in [0.15, 0.2) is 0 Å². The lowest BCUT2D eigenvalue weighted by Gasteiger charge is -2.67. The minimum Gasteiger partial charge on any atom is -0.389 e. The molecule has 0 amide bonds. The van der Waals surface area contributed by atoms with Gasteiger partial charge in [0.1, 0.15) is 0 Å². The van der Waals surface area contributed by atoms with Gasteiger partial charge in [-0.1, -0.05) is 20.3 Å². The van der Waals surface area contributed by atoms with Crippen LogP contribution in [0.4, 0.5) is 0 Å². The van der Waals surface area contributed by atoms with Gasteiger partial charge >= 0.3 is 0 Å². The topological polar surface area (TPSA) is 20.2 Å². The van der Waals surface area contributed by atoms with Crippen molar-refractivity contribution in [1.29, 1.82) is 0 Å². The molecule has 4 bridgehead atoms. The van der Waals surface area contributed by atoms with Gasteiger partial charge in [0.15, 0.2) is 0 Å². The van der Waals surface area contributed by atoms with Crippen molar-refractivity contribution in [1.82, 2.24) is 0 Å². The number of hydrogen-bond donors (Lipinski definition) is 1. The SMILES string of the molecule is CC12CC3CC(C)(C1)CC(C1(O)C4CCCC41)(C3)C2. The molecule has 6 fully saturated rings. The van der Waals surface area contributed by atoms with Gasteiger partial charge in [0.25, 0.3) is 0 Å². The summed E-state index contributed by atoms with van der Waals surface area (Å²) < 4.78 is 0. The highest BCUT2D eigenvalue weighted by atomic mass is 16.3. The molecule has 6 saturated carbocycles. The standard InChI is InChI=1S/C18H28O/c1-15-6-12-7-16(2,9-15)11-17(8-12,10-15)18(19)13-4-3-5-14(13)18/h12-14,19H,3-11H2,1-2H3. The Hall–Kier alpha value is -0.0400. The molecule has 6 aliphatic rings. The van der Waals surface area contributed by atoms with Crippen LogP contribution >= 0.6 is 0 Å². The summed E-state index contributed by atoms with van der Waals surface area (Å²) in [7, 11) is 0. The van der Waals surface area contributed by atoms with E-state index in [-0.39, 0.29) is 5.60 Å². The van der Waals surface area contributed by atoms with E-state index in [1.54, 1.807) is 0 Å². The Labute approximate surface area is 117 Å². The molecule has 6 rings (SSSR count). The zero-order chi connectivity index (χ0) is 13.1. The Morgan fingerprint density at radius 3 is 1.95 bits per heavy atom. The van der Waals surface area contributed by atoms with Crippen molar-refractivity contribution in [2.45, 2.75) is 77.2 Å². The van der Waals surface area contributed by atoms with E-state index in [2.05, 4.69) is 13.8 Å². The number of rotatable bonds is 1. The Morgan fingerprint density at radius 2 is 1.42 bits per heavy atom. The number of fused-ring (bicyclic) bond motifs is 1. The molecule has 0 aliphatic heterocycles. The minimum atomic E-state index is -0.229. The van der Waals surface area contributed by atoms with E-state index >= 15 is 0 Å². The van der Waals surface area contributed by atoms with Crippen LogP contribution in [0.1, 0.15) is 71.6 Å². The predicted molar refractivity (Wildman–Crippen MR) is 75.6 cm³/mol. The summed E-state index contributed by atoms with van der Waals surface area (Å²) in [6, 6.07) is 0. The second-order valence-corrected chi connectivity index (χ2v) is 9.88. The van der Waals surface area contributed by atoms with Gasteiger partial charge in [0.2, 0.25) is 0 Å². The summed E-state index contributed by atoms with van der Waals surface area (Å²) in [5.74, 6) is 2.31. The zero-order valence-electron chi connectivity index (χ0n) is 12.5. The largest absolute Gasteiger partial charge is 0.389 e. The minimum absolute atomic E-state index is 0.229. The van der Waals surface area contributed by atoms with Gasteiger partial charge in [-0.15, -0.1) is 0 Å². The first-order chi connectivity index (χ1) is 8.88. The van der Waals surface area contributed by atoms with Gasteiger partial charge < -0.3 is 5.11 Å². The van der Waals surface area contributed by atoms with Crippen LogP contribution in [0.2, 0.25) is 0 Å². The van der Waals surface area contributed by atoms with Crippen molar-refractivity contribution in [3.63, 3.8) is 0 Å². The summed E-state index contributed by atoms with van der Waals surface area (Å²) in [6.07, 6.45) is 12.4. The molecule has 0 saturated heterocycles. The molecule has 6 aliphatic carbocycles. The van der Waals surface area contributed by atoms with Crippen molar-refractivity contribution >= 4 is 0 Å². The van der Waals surface area contributed by atoms with Crippen LogP contribution in [0.25, 0.3) is 0 Å². The van der Waals surface area contributed by atoms with E-state index in [1.165, 1.54) is 57.8 Å². The molecule has 0 spiro atoms. The van der Waals surface area contributed by atoms with Gasteiger partial charge in [0, 0.05) is 5.41 Å². The summed E-state index contributed by atoms with van der Waals surface area (Å²) in [4.78, 5) is 0. The second-order valence-electron chi connectivity index (χ2n) is 9.88. The summed E-state index contributed by atoms with van der Waals surface area (Å²) >= 11 is 0. The van der Waals surface area contributed by atoms with Crippen molar-refractivity contribution in [2.24, 2.45) is 34.0 Å². The molecule has 106 valence electrons. The fraction of sp³-hybridized carbons (Fsp3) is 1.00. The van der Waals surface area contributed by atoms with Crippen LogP contribution in [0.3, 0.4) is 0 Å². The molecular formula is C18H28O. The lowest BCUT2D eigenvalue weighted by atomic mass is 9.38. The Bertz CT molecular complexity index is 425. The van der Waals surface area contributed by atoms with Crippen molar-refractivity contribution in [3.05, 3.63) is 0 Å². The highest BCUT2D eigenvalue weighted by Crippen LogP contribution is 2.79. The average molecular weight is 260 g/mol. The van der Waals surface area contributed by atoms with Crippen LogP contribution in [-0.4, -0.2) is 10.7 Å². The summed E-state index contributed by atoms with van der Waals surface area (Å²) in [5, 5.41) is 11.5. The molecule has 1 nitrogen and oxygen atoms in total. The van der Waals surface area contributed by atoms with E-state index in [4.69, 9.17) is 0 Å². The van der Waals surface area contributed by atoms with E-state index in [0.29, 0.717) is 28.1 Å². The number of aliphatic hydroxyl groups is 1. The predicted octanol–water partition coefficient (Wildman–Crippen LogP) is 4.14. The van der Waals surface area contributed by atoms with Gasteiger partial charge in [-0.05, 0) is 80.0 Å². The third-order valence-electron chi connectivity index (χ3n) is 8.01. The lowest BCUT2D eigenvalue weighted by molar-refractivity contribution is -0.203. The lowest BCUT2D eigenvalue weighted by Crippen LogP contribution is -2.60. The Kier molecular flexibility index (Phi) is 1.79. The third-order valence-corrected chi connectivity index (χ3v) is 8.01. The Balaban J connectivity index is 1.59. The van der Waals surface area contributed by atoms with E-state index < -0.39 is 0 Å². The first-order valence-electron chi connectivity index (χ1n) is 8.61. The van der Waals surface area contributed by atoms with Gasteiger partial charge in [0.05, 0.1) is 5.60 Å². The maximum Gasteiger partial charge on any atom is 0.0767 e. The molecule has 0 heterocycles. The van der Waals surface area contributed by atoms with Crippen LogP contribution < -0.4 is 0 Å². The first-order valence-corrected chi connectivity index (χ1v) is 8.61. The molecule has 1 N–H and O–H groups in total. The normalized spacial score (nSPS) is 69.3. The molecule has 19 heavy (non-hydrogen) atoms. The molecule has 4 atom stereocenters. The first kappa shape index (κ1) is 11.6. The van der Waals surface area contributed by atoms with E-state index in [9.17, 15) is 5.11 Å². The third kappa shape index (κ3) is 1.19. The summed E-state index contributed by atoms with van der Waals surface area (Å²) in [6.45, 7) is 5.07. The zero-order valence-corrected chi connectivity index (χ0v) is 12.5. The molecule has 0 radical (unpaired) electrons. The molecule has 4 unspecified atom stereocenters. The van der Waals surface area contributed by atoms with Crippen LogP contribution in [0.5, 0.6) is 0 Å². The highest BCUT2D eigenvalue weighted by Gasteiger charge is 2.78. The fourth-order valence-corrected chi connectivity index (χ4v) is 8.60. The fourth-order valence-electron chi connectivity index (χ4n) is 8.60. The summed E-state index contributed by atoms with van der Waals surface area (Å²) in [5.41, 5.74) is 1.21. The molecule has 1 heteroatoms. The van der Waals surface area contributed by atoms with Crippen molar-refractivity contribution in [2.75, 3.05) is 0 Å². The smallest absolute Gasteiger partial charge is 0.0767 e. The van der Waals surface area contributed by atoms with E-state index in [1.807, 2.05) is 0 Å². The maximum absolute atomic E-state index is 11.5. The quantitative estimate of drug-likeness (QED) is 0.751. The monoisotopic (exact) mass is 260 g/mol. The molecular weight excluding hydrogens is 232 g/mol. The highest BCUT2D eigenvalue weighted by molar-refractivity contribution is 5.27. The van der Waals surface area contributed by atoms with Crippen LogP contribution in [0, 0.1) is 34.0 Å². The Morgan fingerprint density at radius 1 is 0.842 bits per heavy atom. The average Bonchev–Trinajstić information content (AvgIpc) is 2.68.